The van der Waals surface area contributed by atoms with Crippen LogP contribution in [0.1, 0.15) is 20.8 Å². The zero-order chi connectivity index (χ0) is 12.6. The van der Waals surface area contributed by atoms with Crippen LogP contribution in [0, 0.1) is 5.92 Å². The van der Waals surface area contributed by atoms with Crippen LogP contribution in [0.25, 0.3) is 0 Å². The summed E-state index contributed by atoms with van der Waals surface area (Å²) in [5.41, 5.74) is 0.304. The maximum absolute atomic E-state index is 11.1. The second-order valence-corrected chi connectivity index (χ2v) is 3.93. The first-order chi connectivity index (χ1) is 7.43. The molecule has 0 aromatic rings. The Labute approximate surface area is 96.4 Å². The number of rotatable bonds is 6. The number of hydrogen-bond acceptors (Lipinski definition) is 3. The third-order valence-corrected chi connectivity index (χ3v) is 1.56. The van der Waals surface area contributed by atoms with E-state index < -0.39 is 11.8 Å². The molecule has 4 heteroatoms. The van der Waals surface area contributed by atoms with Crippen molar-refractivity contribution in [2.45, 2.75) is 20.8 Å². The molecule has 0 bridgehead atoms. The molecule has 90 valence electrons. The number of ether oxygens (including phenoxy) is 1. The number of carbonyl (C=O) groups is 2. The Balaban J connectivity index is 3.75. The van der Waals surface area contributed by atoms with E-state index in [1.54, 1.807) is 6.08 Å². The van der Waals surface area contributed by atoms with Crippen molar-refractivity contribution in [1.82, 2.24) is 5.32 Å². The minimum atomic E-state index is -0.460. The van der Waals surface area contributed by atoms with Gasteiger partial charge < -0.3 is 4.74 Å². The molecule has 16 heavy (non-hydrogen) atoms. The molecule has 0 radical (unpaired) electrons. The van der Waals surface area contributed by atoms with Gasteiger partial charge in [0.15, 0.2) is 0 Å². The summed E-state index contributed by atoms with van der Waals surface area (Å²) in [6, 6.07) is 0. The predicted octanol–water partition coefficient (Wildman–Crippen LogP) is 1.43. The van der Waals surface area contributed by atoms with Crippen LogP contribution in [-0.4, -0.2) is 25.0 Å². The molecule has 0 aliphatic rings. The molecule has 0 fully saturated rings. The van der Waals surface area contributed by atoms with Crippen molar-refractivity contribution in [2.75, 3.05) is 13.2 Å². The van der Waals surface area contributed by atoms with Gasteiger partial charge in [-0.15, -0.1) is 0 Å². The second kappa shape index (κ2) is 7.82. The quantitative estimate of drug-likeness (QED) is 0.549. The van der Waals surface area contributed by atoms with Gasteiger partial charge in [-0.3, -0.25) is 14.9 Å². The maximum Gasteiger partial charge on any atom is 0.253 e. The molecule has 0 spiro atoms. The summed E-state index contributed by atoms with van der Waals surface area (Å²) in [7, 11) is 0. The third kappa shape index (κ3) is 7.94. The fourth-order valence-corrected chi connectivity index (χ4v) is 0.787. The molecule has 0 rings (SSSR count). The van der Waals surface area contributed by atoms with Crippen LogP contribution in [0.2, 0.25) is 0 Å². The van der Waals surface area contributed by atoms with Crippen molar-refractivity contribution in [2.24, 2.45) is 5.92 Å². The SMILES string of the molecule is C=C(C)C(=O)NC(=O)C=CCOCC(C)C. The summed E-state index contributed by atoms with van der Waals surface area (Å²) in [5.74, 6) is -0.453. The Hall–Kier alpha value is -1.42. The first kappa shape index (κ1) is 14.6. The molecule has 2 amide bonds. The highest BCUT2D eigenvalue weighted by Crippen LogP contribution is 1.92. The summed E-state index contributed by atoms with van der Waals surface area (Å²) in [4.78, 5) is 22.2. The molecule has 0 aliphatic carbocycles. The first-order valence-electron chi connectivity index (χ1n) is 5.18. The van der Waals surface area contributed by atoms with Gasteiger partial charge in [0.25, 0.3) is 11.8 Å². The number of amides is 2. The lowest BCUT2D eigenvalue weighted by Crippen LogP contribution is -2.29. The maximum atomic E-state index is 11.1. The van der Waals surface area contributed by atoms with E-state index in [0.29, 0.717) is 24.7 Å². The van der Waals surface area contributed by atoms with E-state index in [2.05, 4.69) is 11.9 Å². The van der Waals surface area contributed by atoms with Crippen molar-refractivity contribution in [3.63, 3.8) is 0 Å². The molecule has 0 heterocycles. The normalized spacial score (nSPS) is 10.8. The summed E-state index contributed by atoms with van der Waals surface area (Å²) < 4.78 is 5.23. The lowest BCUT2D eigenvalue weighted by atomic mass is 10.2. The van der Waals surface area contributed by atoms with Gasteiger partial charge >= 0.3 is 0 Å². The highest BCUT2D eigenvalue weighted by atomic mass is 16.5. The van der Waals surface area contributed by atoms with Crippen molar-refractivity contribution in [1.29, 1.82) is 0 Å². The molecule has 0 saturated carbocycles. The number of imide groups is 1. The molecule has 0 aliphatic heterocycles. The van der Waals surface area contributed by atoms with Gasteiger partial charge in [-0.1, -0.05) is 26.5 Å². The summed E-state index contributed by atoms with van der Waals surface area (Å²) in [6.07, 6.45) is 2.85. The lowest BCUT2D eigenvalue weighted by Gasteiger charge is -2.03. The monoisotopic (exact) mass is 225 g/mol. The third-order valence-electron chi connectivity index (χ3n) is 1.56. The number of carbonyl (C=O) groups excluding carboxylic acids is 2. The van der Waals surface area contributed by atoms with Gasteiger partial charge in [0, 0.05) is 18.3 Å². The Morgan fingerprint density at radius 2 is 2.06 bits per heavy atom. The van der Waals surface area contributed by atoms with Crippen LogP contribution >= 0.6 is 0 Å². The molecular weight excluding hydrogens is 206 g/mol. The van der Waals surface area contributed by atoms with Crippen LogP contribution in [0.4, 0.5) is 0 Å². The molecule has 1 N–H and O–H groups in total. The molecule has 0 atom stereocenters. The average molecular weight is 225 g/mol. The Morgan fingerprint density at radius 3 is 2.56 bits per heavy atom. The van der Waals surface area contributed by atoms with Gasteiger partial charge in [-0.25, -0.2) is 0 Å². The molecule has 0 saturated heterocycles. The van der Waals surface area contributed by atoms with E-state index >= 15 is 0 Å². The minimum absolute atomic E-state index is 0.304. The molecular formula is C12H19NO3. The molecule has 0 aromatic carbocycles. The van der Waals surface area contributed by atoms with E-state index in [1.807, 2.05) is 13.8 Å². The van der Waals surface area contributed by atoms with Gasteiger partial charge in [-0.2, -0.15) is 0 Å². The molecule has 0 unspecified atom stereocenters. The van der Waals surface area contributed by atoms with E-state index in [0.717, 1.165) is 0 Å². The smallest absolute Gasteiger partial charge is 0.253 e. The summed E-state index contributed by atoms with van der Waals surface area (Å²) >= 11 is 0. The van der Waals surface area contributed by atoms with E-state index in [9.17, 15) is 9.59 Å². The fourth-order valence-electron chi connectivity index (χ4n) is 0.787. The van der Waals surface area contributed by atoms with Crippen LogP contribution in [0.15, 0.2) is 24.3 Å². The van der Waals surface area contributed by atoms with Crippen molar-refractivity contribution >= 4 is 11.8 Å². The van der Waals surface area contributed by atoms with Gasteiger partial charge in [-0.05, 0) is 12.8 Å². The van der Waals surface area contributed by atoms with Crippen LogP contribution in [0.3, 0.4) is 0 Å². The van der Waals surface area contributed by atoms with Gasteiger partial charge in [0.2, 0.25) is 0 Å². The summed E-state index contributed by atoms with van der Waals surface area (Å²) in [5, 5.41) is 2.16. The fraction of sp³-hybridized carbons (Fsp3) is 0.500. The Kier molecular flexibility index (Phi) is 7.12. The van der Waals surface area contributed by atoms with Gasteiger partial charge in [0.05, 0.1) is 6.61 Å². The van der Waals surface area contributed by atoms with E-state index in [1.165, 1.54) is 13.0 Å². The van der Waals surface area contributed by atoms with E-state index in [-0.39, 0.29) is 0 Å². The number of nitrogens with one attached hydrogen (secondary N) is 1. The highest BCUT2D eigenvalue weighted by molar-refractivity contribution is 6.07. The first-order valence-corrected chi connectivity index (χ1v) is 5.18. The minimum Gasteiger partial charge on any atom is -0.377 e. The number of hydrogen-bond donors (Lipinski definition) is 1. The van der Waals surface area contributed by atoms with Crippen LogP contribution < -0.4 is 5.32 Å². The lowest BCUT2D eigenvalue weighted by molar-refractivity contribution is -0.125. The van der Waals surface area contributed by atoms with Crippen molar-refractivity contribution < 1.29 is 14.3 Å². The zero-order valence-corrected chi connectivity index (χ0v) is 10.1. The van der Waals surface area contributed by atoms with Gasteiger partial charge in [0.1, 0.15) is 0 Å². The average Bonchev–Trinajstić information content (AvgIpc) is 2.16. The zero-order valence-electron chi connectivity index (χ0n) is 10.1. The topological polar surface area (TPSA) is 55.4 Å². The van der Waals surface area contributed by atoms with Crippen molar-refractivity contribution in [3.8, 4) is 0 Å². The largest absolute Gasteiger partial charge is 0.377 e. The van der Waals surface area contributed by atoms with Crippen molar-refractivity contribution in [3.05, 3.63) is 24.3 Å². The highest BCUT2D eigenvalue weighted by Gasteiger charge is 2.04. The van der Waals surface area contributed by atoms with Crippen LogP contribution in [0.5, 0.6) is 0 Å². The predicted molar refractivity (Wildman–Crippen MR) is 62.8 cm³/mol. The standard InChI is InChI=1S/C12H19NO3/c1-9(2)8-16-7-5-6-11(14)13-12(15)10(3)4/h5-6,9H,3,7-8H2,1-2,4H3,(H,13,14,15). The Morgan fingerprint density at radius 1 is 1.44 bits per heavy atom. The molecule has 0 aromatic heterocycles. The molecule has 4 nitrogen and oxygen atoms in total. The summed E-state index contributed by atoms with van der Waals surface area (Å²) in [6.45, 7) is 10.1. The second-order valence-electron chi connectivity index (χ2n) is 3.93. The van der Waals surface area contributed by atoms with E-state index in [4.69, 9.17) is 4.74 Å². The van der Waals surface area contributed by atoms with Crippen LogP contribution in [-0.2, 0) is 14.3 Å². The Bertz CT molecular complexity index is 293.